The summed E-state index contributed by atoms with van der Waals surface area (Å²) >= 11 is 0. The molecule has 0 radical (unpaired) electrons. The van der Waals surface area contributed by atoms with Crippen LogP contribution in [0.25, 0.3) is 0 Å². The molecule has 0 bridgehead atoms. The smallest absolute Gasteiger partial charge is 0.320 e. The predicted octanol–water partition coefficient (Wildman–Crippen LogP) is 1.66. The summed E-state index contributed by atoms with van der Waals surface area (Å²) in [5.74, 6) is -0.597. The Labute approximate surface area is 98.7 Å². The minimum atomic E-state index is -0.947. The molecule has 0 spiro atoms. The Bertz CT molecular complexity index is 445. The van der Waals surface area contributed by atoms with E-state index in [2.05, 4.69) is 10.6 Å². The Morgan fingerprint density at radius 1 is 1.47 bits per heavy atom. The van der Waals surface area contributed by atoms with Crippen LogP contribution >= 0.6 is 0 Å². The highest BCUT2D eigenvalue weighted by atomic mass is 19.1. The van der Waals surface area contributed by atoms with Crippen molar-refractivity contribution in [2.24, 2.45) is 5.73 Å². The van der Waals surface area contributed by atoms with Gasteiger partial charge in [-0.1, -0.05) is 6.07 Å². The van der Waals surface area contributed by atoms with Gasteiger partial charge in [0, 0.05) is 5.69 Å². The average Bonchev–Trinajstić information content (AvgIpc) is 2.15. The van der Waals surface area contributed by atoms with Crippen LogP contribution in [0.4, 0.5) is 14.9 Å². The summed E-state index contributed by atoms with van der Waals surface area (Å²) < 4.78 is 12.9. The van der Waals surface area contributed by atoms with E-state index in [0.717, 1.165) is 0 Å². The monoisotopic (exact) mass is 238 g/mol. The van der Waals surface area contributed by atoms with Crippen molar-refractivity contribution < 1.29 is 9.18 Å². The summed E-state index contributed by atoms with van der Waals surface area (Å²) in [4.78, 5) is 11.5. The van der Waals surface area contributed by atoms with Gasteiger partial charge in [-0.25, -0.2) is 9.18 Å². The molecule has 17 heavy (non-hydrogen) atoms. The van der Waals surface area contributed by atoms with E-state index in [9.17, 15) is 9.18 Å². The van der Waals surface area contributed by atoms with Crippen LogP contribution in [0, 0.1) is 11.2 Å². The molecule has 0 unspecified atom stereocenters. The summed E-state index contributed by atoms with van der Waals surface area (Å²) in [5.41, 5.74) is 4.70. The Morgan fingerprint density at radius 3 is 2.65 bits per heavy atom. The van der Waals surface area contributed by atoms with E-state index in [4.69, 9.17) is 11.1 Å². The SMILES string of the molecule is CC(C)(NC(=O)Nc1cccc(F)c1)C(=N)N. The Balaban J connectivity index is 2.65. The number of hydrogen-bond donors (Lipinski definition) is 4. The lowest BCUT2D eigenvalue weighted by Crippen LogP contribution is -2.53. The molecule has 0 heterocycles. The summed E-state index contributed by atoms with van der Waals surface area (Å²) in [5, 5.41) is 12.2. The first-order valence-corrected chi connectivity index (χ1v) is 5.00. The first kappa shape index (κ1) is 13.0. The van der Waals surface area contributed by atoms with Crippen molar-refractivity contribution >= 4 is 17.6 Å². The maximum Gasteiger partial charge on any atom is 0.320 e. The first-order valence-electron chi connectivity index (χ1n) is 5.00. The third-order valence-corrected chi connectivity index (χ3v) is 2.18. The number of halogens is 1. The third-order valence-electron chi connectivity index (χ3n) is 2.18. The average molecular weight is 238 g/mol. The van der Waals surface area contributed by atoms with Crippen molar-refractivity contribution in [3.05, 3.63) is 30.1 Å². The molecule has 1 aromatic carbocycles. The van der Waals surface area contributed by atoms with E-state index in [0.29, 0.717) is 5.69 Å². The zero-order chi connectivity index (χ0) is 13.1. The predicted molar refractivity (Wildman–Crippen MR) is 64.5 cm³/mol. The number of benzene rings is 1. The molecule has 2 amide bonds. The highest BCUT2D eigenvalue weighted by molar-refractivity contribution is 5.95. The van der Waals surface area contributed by atoms with Gasteiger partial charge in [0.15, 0.2) is 0 Å². The lowest BCUT2D eigenvalue weighted by Gasteiger charge is -2.24. The Morgan fingerprint density at radius 2 is 2.12 bits per heavy atom. The van der Waals surface area contributed by atoms with Crippen molar-refractivity contribution in [3.8, 4) is 0 Å². The van der Waals surface area contributed by atoms with E-state index in [1.165, 1.54) is 18.2 Å². The minimum Gasteiger partial charge on any atom is -0.386 e. The van der Waals surface area contributed by atoms with Crippen LogP contribution < -0.4 is 16.4 Å². The van der Waals surface area contributed by atoms with Gasteiger partial charge in [0.05, 0.1) is 5.54 Å². The molecule has 6 heteroatoms. The number of rotatable bonds is 3. The molecule has 0 fully saturated rings. The second-order valence-corrected chi connectivity index (χ2v) is 4.13. The van der Waals surface area contributed by atoms with Gasteiger partial charge >= 0.3 is 6.03 Å². The molecule has 0 aliphatic rings. The highest BCUT2D eigenvalue weighted by Gasteiger charge is 2.23. The number of nitrogens with one attached hydrogen (secondary N) is 3. The first-order chi connectivity index (χ1) is 7.81. The van der Waals surface area contributed by atoms with Crippen molar-refractivity contribution in [2.45, 2.75) is 19.4 Å². The Hall–Kier alpha value is -2.11. The lowest BCUT2D eigenvalue weighted by atomic mass is 10.1. The number of carbonyl (C=O) groups is 1. The Kier molecular flexibility index (Phi) is 3.67. The summed E-state index contributed by atoms with van der Waals surface area (Å²) in [6.07, 6.45) is 0. The molecule has 5 nitrogen and oxygen atoms in total. The molecule has 92 valence electrons. The molecule has 0 aliphatic heterocycles. The molecule has 1 aromatic rings. The van der Waals surface area contributed by atoms with Crippen LogP contribution in [0.1, 0.15) is 13.8 Å². The molecule has 0 atom stereocenters. The number of amidine groups is 1. The number of nitrogens with two attached hydrogens (primary N) is 1. The van der Waals surface area contributed by atoms with Gasteiger partial charge < -0.3 is 16.4 Å². The largest absolute Gasteiger partial charge is 0.386 e. The summed E-state index contributed by atoms with van der Waals surface area (Å²) in [6.45, 7) is 3.20. The second kappa shape index (κ2) is 4.82. The van der Waals surface area contributed by atoms with Gasteiger partial charge in [-0.3, -0.25) is 5.41 Å². The van der Waals surface area contributed by atoms with Crippen molar-refractivity contribution in [1.82, 2.24) is 5.32 Å². The van der Waals surface area contributed by atoms with Crippen LogP contribution in [0.5, 0.6) is 0 Å². The van der Waals surface area contributed by atoms with Gasteiger partial charge in [-0.05, 0) is 32.0 Å². The number of amides is 2. The molecule has 0 saturated heterocycles. The molecule has 1 rings (SSSR count). The lowest BCUT2D eigenvalue weighted by molar-refractivity contribution is 0.247. The maximum absolute atomic E-state index is 12.9. The minimum absolute atomic E-state index is 0.160. The number of hydrogen-bond acceptors (Lipinski definition) is 2. The van der Waals surface area contributed by atoms with Crippen LogP contribution in [0.15, 0.2) is 24.3 Å². The van der Waals surface area contributed by atoms with Crippen LogP contribution in [0.2, 0.25) is 0 Å². The molecular weight excluding hydrogens is 223 g/mol. The van der Waals surface area contributed by atoms with Crippen LogP contribution in [-0.4, -0.2) is 17.4 Å². The molecule has 0 aliphatic carbocycles. The van der Waals surface area contributed by atoms with Crippen LogP contribution in [0.3, 0.4) is 0 Å². The van der Waals surface area contributed by atoms with E-state index in [-0.39, 0.29) is 5.84 Å². The van der Waals surface area contributed by atoms with Gasteiger partial charge in [-0.15, -0.1) is 0 Å². The van der Waals surface area contributed by atoms with Gasteiger partial charge in [0.25, 0.3) is 0 Å². The number of urea groups is 1. The quantitative estimate of drug-likeness (QED) is 0.476. The zero-order valence-corrected chi connectivity index (χ0v) is 9.67. The number of carbonyl (C=O) groups excluding carboxylic acids is 1. The fourth-order valence-electron chi connectivity index (χ4n) is 1.08. The normalized spacial score (nSPS) is 10.8. The standard InChI is InChI=1S/C11H15FN4O/c1-11(2,9(13)14)16-10(17)15-8-5-3-4-7(12)6-8/h3-6H,1-2H3,(H3,13,14)(H2,15,16,17). The molecule has 0 aromatic heterocycles. The van der Waals surface area contributed by atoms with Gasteiger partial charge in [0.1, 0.15) is 11.7 Å². The fourth-order valence-corrected chi connectivity index (χ4v) is 1.08. The van der Waals surface area contributed by atoms with Gasteiger partial charge in [0.2, 0.25) is 0 Å². The second-order valence-electron chi connectivity index (χ2n) is 4.13. The molecule has 5 N–H and O–H groups in total. The third kappa shape index (κ3) is 3.75. The van der Waals surface area contributed by atoms with E-state index in [1.807, 2.05) is 0 Å². The van der Waals surface area contributed by atoms with Gasteiger partial charge in [-0.2, -0.15) is 0 Å². The van der Waals surface area contributed by atoms with Crippen molar-refractivity contribution in [2.75, 3.05) is 5.32 Å². The van der Waals surface area contributed by atoms with Crippen molar-refractivity contribution in [1.29, 1.82) is 5.41 Å². The summed E-state index contributed by atoms with van der Waals surface area (Å²) in [7, 11) is 0. The fraction of sp³-hybridized carbons (Fsp3) is 0.273. The van der Waals surface area contributed by atoms with Crippen LogP contribution in [-0.2, 0) is 0 Å². The zero-order valence-electron chi connectivity index (χ0n) is 9.67. The van der Waals surface area contributed by atoms with E-state index in [1.54, 1.807) is 19.9 Å². The maximum atomic E-state index is 12.9. The molecule has 0 saturated carbocycles. The number of anilines is 1. The highest BCUT2D eigenvalue weighted by Crippen LogP contribution is 2.09. The van der Waals surface area contributed by atoms with E-state index < -0.39 is 17.4 Å². The van der Waals surface area contributed by atoms with E-state index >= 15 is 0 Å². The topological polar surface area (TPSA) is 91.0 Å². The summed E-state index contributed by atoms with van der Waals surface area (Å²) in [6, 6.07) is 4.98. The molecular formula is C11H15FN4O. The van der Waals surface area contributed by atoms with Crippen molar-refractivity contribution in [3.63, 3.8) is 0 Å².